The van der Waals surface area contributed by atoms with Crippen molar-refractivity contribution < 1.29 is 0 Å². The van der Waals surface area contributed by atoms with Crippen LogP contribution in [0.5, 0.6) is 0 Å². The molecule has 114 valence electrons. The first-order valence-electron chi connectivity index (χ1n) is 7.96. The molecule has 0 N–H and O–H groups in total. The summed E-state index contributed by atoms with van der Waals surface area (Å²) in [5, 5.41) is 9.65. The standard InChI is InChI=1S/C18H27N3/c1-20(2)14-15-21-12-10-18(16-19,11-13-21)9-8-17-6-4-3-5-7-17/h3-7H,8-15H2,1-2H3. The zero-order chi connectivity index (χ0) is 15.1. The Labute approximate surface area is 129 Å². The largest absolute Gasteiger partial charge is 0.308 e. The van der Waals surface area contributed by atoms with Gasteiger partial charge in [-0.2, -0.15) is 5.26 Å². The van der Waals surface area contributed by atoms with Crippen LogP contribution in [0.15, 0.2) is 30.3 Å². The molecule has 0 aliphatic carbocycles. The van der Waals surface area contributed by atoms with Gasteiger partial charge in [0.05, 0.1) is 11.5 Å². The van der Waals surface area contributed by atoms with Gasteiger partial charge in [0.15, 0.2) is 0 Å². The maximum atomic E-state index is 9.65. The van der Waals surface area contributed by atoms with Crippen molar-refractivity contribution in [2.24, 2.45) is 5.41 Å². The molecule has 0 radical (unpaired) electrons. The van der Waals surface area contributed by atoms with Crippen LogP contribution >= 0.6 is 0 Å². The van der Waals surface area contributed by atoms with Crippen LogP contribution in [-0.4, -0.2) is 50.1 Å². The monoisotopic (exact) mass is 285 g/mol. The van der Waals surface area contributed by atoms with E-state index in [1.807, 2.05) is 6.07 Å². The van der Waals surface area contributed by atoms with E-state index in [9.17, 15) is 5.26 Å². The Morgan fingerprint density at radius 2 is 1.86 bits per heavy atom. The second-order valence-corrected chi connectivity index (χ2v) is 6.52. The number of nitrogens with zero attached hydrogens (tertiary/aromatic N) is 3. The lowest BCUT2D eigenvalue weighted by Gasteiger charge is -2.37. The van der Waals surface area contributed by atoms with Gasteiger partial charge in [-0.15, -0.1) is 0 Å². The molecule has 0 spiro atoms. The molecule has 2 rings (SSSR count). The maximum Gasteiger partial charge on any atom is 0.0690 e. The summed E-state index contributed by atoms with van der Waals surface area (Å²) < 4.78 is 0. The highest BCUT2D eigenvalue weighted by Crippen LogP contribution is 2.35. The molecule has 1 aromatic carbocycles. The highest BCUT2D eigenvalue weighted by molar-refractivity contribution is 5.16. The molecule has 1 heterocycles. The molecular formula is C18H27N3. The predicted molar refractivity (Wildman–Crippen MR) is 87.0 cm³/mol. The van der Waals surface area contributed by atoms with Crippen molar-refractivity contribution >= 4 is 0 Å². The molecule has 1 saturated heterocycles. The summed E-state index contributed by atoms with van der Waals surface area (Å²) in [4.78, 5) is 4.72. The Hall–Kier alpha value is -1.37. The molecule has 0 amide bonds. The number of likely N-dealkylation sites (tertiary alicyclic amines) is 1. The Kier molecular flexibility index (Phi) is 5.78. The zero-order valence-corrected chi connectivity index (χ0v) is 13.4. The molecule has 1 fully saturated rings. The third-order valence-corrected chi connectivity index (χ3v) is 4.65. The summed E-state index contributed by atoms with van der Waals surface area (Å²) in [6, 6.07) is 13.2. The van der Waals surface area contributed by atoms with Crippen LogP contribution in [0.1, 0.15) is 24.8 Å². The van der Waals surface area contributed by atoms with E-state index in [0.29, 0.717) is 0 Å². The molecule has 0 atom stereocenters. The lowest BCUT2D eigenvalue weighted by Crippen LogP contribution is -2.42. The molecule has 0 saturated carbocycles. The molecule has 0 bridgehead atoms. The van der Waals surface area contributed by atoms with E-state index >= 15 is 0 Å². The average Bonchev–Trinajstić information content (AvgIpc) is 2.53. The predicted octanol–water partition coefficient (Wildman–Crippen LogP) is 2.79. The van der Waals surface area contributed by atoms with Crippen molar-refractivity contribution in [2.45, 2.75) is 25.7 Å². The first kappa shape index (κ1) is 16.0. The summed E-state index contributed by atoms with van der Waals surface area (Å²) in [6.45, 7) is 4.35. The van der Waals surface area contributed by atoms with Gasteiger partial charge in [-0.25, -0.2) is 0 Å². The minimum atomic E-state index is -0.107. The summed E-state index contributed by atoms with van der Waals surface area (Å²) in [7, 11) is 4.23. The number of hydrogen-bond donors (Lipinski definition) is 0. The Morgan fingerprint density at radius 3 is 2.43 bits per heavy atom. The van der Waals surface area contributed by atoms with Crippen LogP contribution in [0.2, 0.25) is 0 Å². The van der Waals surface area contributed by atoms with Gasteiger partial charge in [0, 0.05) is 13.1 Å². The highest BCUT2D eigenvalue weighted by Gasteiger charge is 2.34. The summed E-state index contributed by atoms with van der Waals surface area (Å²) >= 11 is 0. The molecule has 1 aliphatic heterocycles. The SMILES string of the molecule is CN(C)CCN1CCC(C#N)(CCc2ccccc2)CC1. The number of hydrogen-bond acceptors (Lipinski definition) is 3. The van der Waals surface area contributed by atoms with Crippen molar-refractivity contribution in [3.63, 3.8) is 0 Å². The van der Waals surface area contributed by atoms with E-state index in [0.717, 1.165) is 51.9 Å². The summed E-state index contributed by atoms with van der Waals surface area (Å²) in [5.74, 6) is 0. The molecular weight excluding hydrogens is 258 g/mol. The van der Waals surface area contributed by atoms with E-state index < -0.39 is 0 Å². The molecule has 1 aromatic rings. The van der Waals surface area contributed by atoms with Gasteiger partial charge in [-0.1, -0.05) is 30.3 Å². The second-order valence-electron chi connectivity index (χ2n) is 6.52. The van der Waals surface area contributed by atoms with Crippen LogP contribution in [0, 0.1) is 16.7 Å². The van der Waals surface area contributed by atoms with Gasteiger partial charge in [-0.3, -0.25) is 0 Å². The number of aryl methyl sites for hydroxylation is 1. The first-order chi connectivity index (χ1) is 10.1. The van der Waals surface area contributed by atoms with E-state index in [1.165, 1.54) is 5.56 Å². The molecule has 3 heteroatoms. The number of likely N-dealkylation sites (N-methyl/N-ethyl adjacent to an activating group) is 1. The normalized spacial score (nSPS) is 18.6. The van der Waals surface area contributed by atoms with Gasteiger partial charge in [-0.05, 0) is 58.4 Å². The number of rotatable bonds is 6. The second kappa shape index (κ2) is 7.59. The van der Waals surface area contributed by atoms with Gasteiger partial charge in [0.2, 0.25) is 0 Å². The maximum absolute atomic E-state index is 9.65. The lowest BCUT2D eigenvalue weighted by atomic mass is 9.75. The van der Waals surface area contributed by atoms with Crippen molar-refractivity contribution in [3.8, 4) is 6.07 Å². The van der Waals surface area contributed by atoms with Gasteiger partial charge < -0.3 is 9.80 Å². The molecule has 21 heavy (non-hydrogen) atoms. The fraction of sp³-hybridized carbons (Fsp3) is 0.611. The average molecular weight is 285 g/mol. The van der Waals surface area contributed by atoms with E-state index in [2.05, 4.69) is 54.2 Å². The fourth-order valence-corrected chi connectivity index (χ4v) is 2.99. The topological polar surface area (TPSA) is 30.3 Å². The first-order valence-corrected chi connectivity index (χ1v) is 7.96. The van der Waals surface area contributed by atoms with Crippen LogP contribution in [0.25, 0.3) is 0 Å². The van der Waals surface area contributed by atoms with Crippen molar-refractivity contribution in [1.29, 1.82) is 5.26 Å². The molecule has 1 aliphatic rings. The number of benzene rings is 1. The van der Waals surface area contributed by atoms with E-state index in [-0.39, 0.29) is 5.41 Å². The summed E-state index contributed by atoms with van der Waals surface area (Å²) in [5.41, 5.74) is 1.24. The third kappa shape index (κ3) is 4.84. The van der Waals surface area contributed by atoms with E-state index in [1.54, 1.807) is 0 Å². The van der Waals surface area contributed by atoms with Gasteiger partial charge >= 0.3 is 0 Å². The van der Waals surface area contributed by atoms with Crippen LogP contribution < -0.4 is 0 Å². The quantitative estimate of drug-likeness (QED) is 0.805. The Morgan fingerprint density at radius 1 is 1.19 bits per heavy atom. The fourth-order valence-electron chi connectivity index (χ4n) is 2.99. The van der Waals surface area contributed by atoms with Crippen molar-refractivity contribution in [3.05, 3.63) is 35.9 Å². The number of nitriles is 1. The zero-order valence-electron chi connectivity index (χ0n) is 13.4. The minimum Gasteiger partial charge on any atom is -0.308 e. The molecule has 3 nitrogen and oxygen atoms in total. The smallest absolute Gasteiger partial charge is 0.0690 e. The van der Waals surface area contributed by atoms with Gasteiger partial charge in [0.1, 0.15) is 0 Å². The summed E-state index contributed by atoms with van der Waals surface area (Å²) in [6.07, 6.45) is 4.05. The molecule has 0 unspecified atom stereocenters. The third-order valence-electron chi connectivity index (χ3n) is 4.65. The Balaban J connectivity index is 1.82. The number of piperidine rings is 1. The highest BCUT2D eigenvalue weighted by atomic mass is 15.2. The molecule has 0 aromatic heterocycles. The van der Waals surface area contributed by atoms with Crippen LogP contribution in [-0.2, 0) is 6.42 Å². The van der Waals surface area contributed by atoms with Crippen LogP contribution in [0.3, 0.4) is 0 Å². The van der Waals surface area contributed by atoms with Crippen molar-refractivity contribution in [1.82, 2.24) is 9.80 Å². The van der Waals surface area contributed by atoms with Gasteiger partial charge in [0.25, 0.3) is 0 Å². The van der Waals surface area contributed by atoms with Crippen LogP contribution in [0.4, 0.5) is 0 Å². The Bertz CT molecular complexity index is 453. The van der Waals surface area contributed by atoms with Crippen molar-refractivity contribution in [2.75, 3.05) is 40.3 Å². The minimum absolute atomic E-state index is 0.107. The van der Waals surface area contributed by atoms with E-state index in [4.69, 9.17) is 0 Å². The lowest BCUT2D eigenvalue weighted by molar-refractivity contribution is 0.130.